The van der Waals surface area contributed by atoms with E-state index < -0.39 is 0 Å². The van der Waals surface area contributed by atoms with E-state index in [1.54, 1.807) is 0 Å². The Hall–Kier alpha value is -0.860. The molecular weight excluding hydrogens is 208 g/mol. The highest BCUT2D eigenvalue weighted by Gasteiger charge is 2.13. The van der Waals surface area contributed by atoms with Crippen LogP contribution in [0, 0.1) is 0 Å². The molecule has 1 aliphatic rings. The highest BCUT2D eigenvalue weighted by atomic mass is 15.0. The van der Waals surface area contributed by atoms with Gasteiger partial charge in [-0.25, -0.2) is 0 Å². The first-order chi connectivity index (χ1) is 8.25. The number of benzene rings is 1. The van der Waals surface area contributed by atoms with E-state index in [4.69, 9.17) is 0 Å². The van der Waals surface area contributed by atoms with Crippen LogP contribution in [0.25, 0.3) is 0 Å². The van der Waals surface area contributed by atoms with Gasteiger partial charge in [-0.3, -0.25) is 0 Å². The number of hydrogen-bond donors (Lipinski definition) is 1. The van der Waals surface area contributed by atoms with Crippen LogP contribution in [0.15, 0.2) is 24.3 Å². The van der Waals surface area contributed by atoms with Crippen molar-refractivity contribution in [2.75, 3.05) is 20.6 Å². The minimum Gasteiger partial charge on any atom is -0.310 e. The molecule has 0 saturated carbocycles. The fourth-order valence-corrected chi connectivity index (χ4v) is 2.53. The third-order valence-electron chi connectivity index (χ3n) is 3.44. The molecule has 1 atom stereocenters. The second-order valence-electron chi connectivity index (χ2n) is 5.34. The standard InChI is InChI=1S/C15H24N2/c1-17(2)12-13-7-9-14(10-8-13)15-6-4-3-5-11-16-15/h7-10,15-16H,3-6,11-12H2,1-2H3. The molecule has 0 radical (unpaired) electrons. The lowest BCUT2D eigenvalue weighted by atomic mass is 10.0. The summed E-state index contributed by atoms with van der Waals surface area (Å²) in [6.07, 6.45) is 5.35. The Balaban J connectivity index is 2.00. The van der Waals surface area contributed by atoms with Crippen LogP contribution in [0.1, 0.15) is 42.9 Å². The van der Waals surface area contributed by atoms with Gasteiger partial charge in [0.2, 0.25) is 0 Å². The highest BCUT2D eigenvalue weighted by molar-refractivity contribution is 5.25. The van der Waals surface area contributed by atoms with Gasteiger partial charge in [-0.05, 0) is 44.6 Å². The molecule has 2 heteroatoms. The number of rotatable bonds is 3. The number of nitrogens with one attached hydrogen (secondary N) is 1. The average Bonchev–Trinajstić information content (AvgIpc) is 2.58. The van der Waals surface area contributed by atoms with Gasteiger partial charge in [0.1, 0.15) is 0 Å². The van der Waals surface area contributed by atoms with E-state index in [9.17, 15) is 0 Å². The molecular formula is C15H24N2. The van der Waals surface area contributed by atoms with Crippen LogP contribution in [0.3, 0.4) is 0 Å². The van der Waals surface area contributed by atoms with E-state index >= 15 is 0 Å². The van der Waals surface area contributed by atoms with Gasteiger partial charge < -0.3 is 10.2 Å². The quantitative estimate of drug-likeness (QED) is 0.862. The normalized spacial score (nSPS) is 21.5. The molecule has 0 spiro atoms. The van der Waals surface area contributed by atoms with Crippen molar-refractivity contribution in [3.05, 3.63) is 35.4 Å². The lowest BCUT2D eigenvalue weighted by Crippen LogP contribution is -2.20. The summed E-state index contributed by atoms with van der Waals surface area (Å²) in [7, 11) is 4.22. The second-order valence-corrected chi connectivity index (χ2v) is 5.34. The van der Waals surface area contributed by atoms with Gasteiger partial charge in [0, 0.05) is 12.6 Å². The predicted molar refractivity (Wildman–Crippen MR) is 73.0 cm³/mol. The van der Waals surface area contributed by atoms with Crippen molar-refractivity contribution in [2.24, 2.45) is 0 Å². The Morgan fingerprint density at radius 3 is 2.59 bits per heavy atom. The highest BCUT2D eigenvalue weighted by Crippen LogP contribution is 2.22. The van der Waals surface area contributed by atoms with Crippen LogP contribution >= 0.6 is 0 Å². The van der Waals surface area contributed by atoms with Crippen molar-refractivity contribution in [2.45, 2.75) is 38.3 Å². The molecule has 2 rings (SSSR count). The van der Waals surface area contributed by atoms with Gasteiger partial charge >= 0.3 is 0 Å². The minimum absolute atomic E-state index is 0.575. The van der Waals surface area contributed by atoms with Crippen molar-refractivity contribution in [1.82, 2.24) is 10.2 Å². The summed E-state index contributed by atoms with van der Waals surface area (Å²) in [5.41, 5.74) is 2.85. The third kappa shape index (κ3) is 3.83. The van der Waals surface area contributed by atoms with E-state index in [1.165, 1.54) is 43.4 Å². The first kappa shape index (κ1) is 12.6. The molecule has 0 bridgehead atoms. The Morgan fingerprint density at radius 1 is 1.12 bits per heavy atom. The second kappa shape index (κ2) is 6.18. The van der Waals surface area contributed by atoms with Crippen LogP contribution in [0.5, 0.6) is 0 Å². The van der Waals surface area contributed by atoms with Crippen molar-refractivity contribution < 1.29 is 0 Å². The van der Waals surface area contributed by atoms with Gasteiger partial charge in [-0.1, -0.05) is 37.1 Å². The van der Waals surface area contributed by atoms with Crippen LogP contribution in [0.2, 0.25) is 0 Å². The smallest absolute Gasteiger partial charge is 0.0320 e. The maximum absolute atomic E-state index is 3.65. The monoisotopic (exact) mass is 232 g/mol. The molecule has 0 aromatic heterocycles. The Bertz CT molecular complexity index is 321. The molecule has 17 heavy (non-hydrogen) atoms. The fraction of sp³-hybridized carbons (Fsp3) is 0.600. The SMILES string of the molecule is CN(C)Cc1ccc(C2CCCCCN2)cc1. The summed E-state index contributed by atoms with van der Waals surface area (Å²) in [5, 5.41) is 3.65. The lowest BCUT2D eigenvalue weighted by molar-refractivity contribution is 0.402. The average molecular weight is 232 g/mol. The summed E-state index contributed by atoms with van der Waals surface area (Å²) in [6.45, 7) is 2.20. The topological polar surface area (TPSA) is 15.3 Å². The third-order valence-corrected chi connectivity index (χ3v) is 3.44. The Morgan fingerprint density at radius 2 is 1.88 bits per heavy atom. The Kier molecular flexibility index (Phi) is 4.57. The van der Waals surface area contributed by atoms with Crippen molar-refractivity contribution in [1.29, 1.82) is 0 Å². The molecule has 1 unspecified atom stereocenters. The zero-order valence-electron chi connectivity index (χ0n) is 11.1. The fourth-order valence-electron chi connectivity index (χ4n) is 2.53. The van der Waals surface area contributed by atoms with E-state index in [0.29, 0.717) is 6.04 Å². The zero-order valence-corrected chi connectivity index (χ0v) is 11.1. The minimum atomic E-state index is 0.575. The van der Waals surface area contributed by atoms with E-state index in [1.807, 2.05) is 0 Å². The molecule has 2 nitrogen and oxygen atoms in total. The summed E-state index contributed by atoms with van der Waals surface area (Å²) in [4.78, 5) is 2.21. The molecule has 94 valence electrons. The number of hydrogen-bond acceptors (Lipinski definition) is 2. The van der Waals surface area contributed by atoms with Crippen molar-refractivity contribution in [3.63, 3.8) is 0 Å². The van der Waals surface area contributed by atoms with Crippen molar-refractivity contribution >= 4 is 0 Å². The first-order valence-electron chi connectivity index (χ1n) is 6.72. The largest absolute Gasteiger partial charge is 0.310 e. The lowest BCUT2D eigenvalue weighted by Gasteiger charge is -2.17. The Labute approximate surface area is 105 Å². The summed E-state index contributed by atoms with van der Waals surface area (Å²) >= 11 is 0. The molecule has 1 aromatic rings. The molecule has 1 fully saturated rings. The van der Waals surface area contributed by atoms with E-state index in [0.717, 1.165) is 6.54 Å². The molecule has 1 heterocycles. The molecule has 1 aromatic carbocycles. The van der Waals surface area contributed by atoms with Crippen LogP contribution in [-0.4, -0.2) is 25.5 Å². The van der Waals surface area contributed by atoms with E-state index in [-0.39, 0.29) is 0 Å². The molecule has 1 saturated heterocycles. The van der Waals surface area contributed by atoms with Gasteiger partial charge in [0.15, 0.2) is 0 Å². The van der Waals surface area contributed by atoms with Gasteiger partial charge in [0.25, 0.3) is 0 Å². The van der Waals surface area contributed by atoms with Gasteiger partial charge in [0.05, 0.1) is 0 Å². The maximum atomic E-state index is 3.65. The van der Waals surface area contributed by atoms with Crippen LogP contribution in [0.4, 0.5) is 0 Å². The first-order valence-corrected chi connectivity index (χ1v) is 6.72. The van der Waals surface area contributed by atoms with E-state index in [2.05, 4.69) is 48.6 Å². The predicted octanol–water partition coefficient (Wildman–Crippen LogP) is 2.95. The molecule has 0 amide bonds. The summed E-state index contributed by atoms with van der Waals surface area (Å²) in [5.74, 6) is 0. The van der Waals surface area contributed by atoms with Gasteiger partial charge in [-0.2, -0.15) is 0 Å². The van der Waals surface area contributed by atoms with Crippen molar-refractivity contribution in [3.8, 4) is 0 Å². The maximum Gasteiger partial charge on any atom is 0.0320 e. The van der Waals surface area contributed by atoms with Crippen LogP contribution in [-0.2, 0) is 6.54 Å². The van der Waals surface area contributed by atoms with Crippen LogP contribution < -0.4 is 5.32 Å². The zero-order chi connectivity index (χ0) is 12.1. The molecule has 1 aliphatic heterocycles. The molecule has 0 aliphatic carbocycles. The van der Waals surface area contributed by atoms with Gasteiger partial charge in [-0.15, -0.1) is 0 Å². The summed E-state index contributed by atoms with van der Waals surface area (Å²) < 4.78 is 0. The summed E-state index contributed by atoms with van der Waals surface area (Å²) in [6, 6.07) is 9.69. The molecule has 1 N–H and O–H groups in total. The number of nitrogens with zero attached hydrogens (tertiary/aromatic N) is 1.